The predicted octanol–water partition coefficient (Wildman–Crippen LogP) is 5.54. The topological polar surface area (TPSA) is 72.5 Å². The molecule has 0 atom stereocenters. The van der Waals surface area contributed by atoms with Gasteiger partial charge in [0.05, 0.1) is 0 Å². The zero-order chi connectivity index (χ0) is 19.9. The molecule has 1 heterocycles. The maximum Gasteiger partial charge on any atom is 0.320 e. The van der Waals surface area contributed by atoms with Crippen LogP contribution in [0.2, 0.25) is 0 Å². The Bertz CT molecular complexity index is 1040. The summed E-state index contributed by atoms with van der Waals surface area (Å²) in [5, 5.41) is 15.3. The molecule has 1 aromatic heterocycles. The van der Waals surface area contributed by atoms with Gasteiger partial charge in [-0.1, -0.05) is 86.8 Å². The normalized spacial score (nSPS) is 10.4. The van der Waals surface area contributed by atoms with Gasteiger partial charge in [0.1, 0.15) is 5.71 Å². The van der Waals surface area contributed by atoms with Gasteiger partial charge in [0, 0.05) is 21.3 Å². The minimum atomic E-state index is 0.0676. The van der Waals surface area contributed by atoms with Crippen molar-refractivity contribution in [1.82, 2.24) is 10.2 Å². The number of aromatic nitrogens is 2. The molecule has 0 bridgehead atoms. The average Bonchev–Trinajstić information content (AvgIpc) is 3.21. The minimum absolute atomic E-state index is 0.0676. The van der Waals surface area contributed by atoms with E-state index in [1.165, 1.54) is 0 Å². The Balaban J connectivity index is 1.45. The quantitative estimate of drug-likeness (QED) is 0.296. The van der Waals surface area contributed by atoms with Gasteiger partial charge in [-0.15, -0.1) is 5.10 Å². The van der Waals surface area contributed by atoms with Crippen LogP contribution in [0.3, 0.4) is 0 Å². The first kappa shape index (κ1) is 18.9. The van der Waals surface area contributed by atoms with Crippen molar-refractivity contribution in [1.29, 1.82) is 0 Å². The Kier molecular flexibility index (Phi) is 5.97. The van der Waals surface area contributed by atoms with Crippen LogP contribution in [-0.2, 0) is 11.4 Å². The first-order chi connectivity index (χ1) is 14.3. The Morgan fingerprint density at radius 2 is 1.48 bits per heavy atom. The number of hydrogen-bond acceptors (Lipinski definition) is 6. The number of benzene rings is 3. The van der Waals surface area contributed by atoms with E-state index >= 15 is 0 Å². The fourth-order valence-corrected chi connectivity index (χ4v) is 2.90. The molecule has 3 aromatic carbocycles. The lowest BCUT2D eigenvalue weighted by atomic mass is 10.0. The van der Waals surface area contributed by atoms with E-state index in [9.17, 15) is 0 Å². The van der Waals surface area contributed by atoms with Crippen molar-refractivity contribution in [3.8, 4) is 0 Å². The summed E-state index contributed by atoms with van der Waals surface area (Å²) < 4.78 is 6.57. The van der Waals surface area contributed by atoms with Crippen molar-refractivity contribution in [3.63, 3.8) is 0 Å². The molecule has 0 aliphatic carbocycles. The second-order valence-corrected chi connectivity index (χ2v) is 6.99. The summed E-state index contributed by atoms with van der Waals surface area (Å²) in [4.78, 5) is 5.53. The van der Waals surface area contributed by atoms with Gasteiger partial charge in [0.15, 0.2) is 6.61 Å². The van der Waals surface area contributed by atoms with Crippen molar-refractivity contribution < 1.29 is 9.25 Å². The van der Waals surface area contributed by atoms with E-state index < -0.39 is 0 Å². The molecule has 144 valence electrons. The van der Waals surface area contributed by atoms with Gasteiger partial charge in [0.2, 0.25) is 0 Å². The van der Waals surface area contributed by atoms with Crippen LogP contribution in [0.25, 0.3) is 0 Å². The van der Waals surface area contributed by atoms with Gasteiger partial charge in [-0.25, -0.2) is 0 Å². The molecular formula is C22H17BrN4O2. The molecule has 0 radical (unpaired) electrons. The number of hydrogen-bond donors (Lipinski definition) is 1. The second-order valence-electron chi connectivity index (χ2n) is 6.08. The first-order valence-corrected chi connectivity index (χ1v) is 9.73. The molecule has 0 saturated carbocycles. The standard InChI is InChI=1S/C22H17BrN4O2/c23-18-11-13-19(14-12-18)24-22-26-25-20(29-22)15-28-27-21(16-7-3-1-4-8-16)17-9-5-2-6-10-17/h1-14H,15H2,(H,24,26). The number of nitrogens with one attached hydrogen (secondary N) is 1. The van der Waals surface area contributed by atoms with Crippen LogP contribution in [-0.4, -0.2) is 15.9 Å². The van der Waals surface area contributed by atoms with E-state index in [1.807, 2.05) is 84.9 Å². The highest BCUT2D eigenvalue weighted by Crippen LogP contribution is 2.19. The summed E-state index contributed by atoms with van der Waals surface area (Å²) in [5.41, 5.74) is 3.50. The first-order valence-electron chi connectivity index (χ1n) is 8.94. The molecular weight excluding hydrogens is 432 g/mol. The highest BCUT2D eigenvalue weighted by Gasteiger charge is 2.10. The van der Waals surface area contributed by atoms with Crippen LogP contribution in [0.15, 0.2) is 99.0 Å². The average molecular weight is 449 g/mol. The Morgan fingerprint density at radius 3 is 2.10 bits per heavy atom. The van der Waals surface area contributed by atoms with E-state index in [0.29, 0.717) is 11.9 Å². The van der Waals surface area contributed by atoms with E-state index in [4.69, 9.17) is 9.25 Å². The lowest BCUT2D eigenvalue weighted by Gasteiger charge is -2.06. The molecule has 6 nitrogen and oxygen atoms in total. The maximum absolute atomic E-state index is 5.57. The molecule has 1 N–H and O–H groups in total. The number of anilines is 2. The SMILES string of the molecule is Brc1ccc(Nc2nnc(CON=C(c3ccccc3)c3ccccc3)o2)cc1. The molecule has 29 heavy (non-hydrogen) atoms. The summed E-state index contributed by atoms with van der Waals surface area (Å²) in [6, 6.07) is 27.7. The predicted molar refractivity (Wildman–Crippen MR) is 115 cm³/mol. The monoisotopic (exact) mass is 448 g/mol. The van der Waals surface area contributed by atoms with Gasteiger partial charge in [-0.3, -0.25) is 0 Å². The number of rotatable bonds is 7. The van der Waals surface area contributed by atoms with Gasteiger partial charge in [-0.2, -0.15) is 0 Å². The summed E-state index contributed by atoms with van der Waals surface area (Å²) in [7, 11) is 0. The number of oxime groups is 1. The van der Waals surface area contributed by atoms with E-state index in [0.717, 1.165) is 27.0 Å². The number of halogens is 1. The molecule has 4 aromatic rings. The highest BCUT2D eigenvalue weighted by atomic mass is 79.9. The van der Waals surface area contributed by atoms with Gasteiger partial charge >= 0.3 is 6.01 Å². The zero-order valence-electron chi connectivity index (χ0n) is 15.3. The van der Waals surface area contributed by atoms with Crippen LogP contribution in [0.5, 0.6) is 0 Å². The highest BCUT2D eigenvalue weighted by molar-refractivity contribution is 9.10. The molecule has 0 unspecified atom stereocenters. The lowest BCUT2D eigenvalue weighted by Crippen LogP contribution is -2.04. The fraction of sp³-hybridized carbons (Fsp3) is 0.0455. The molecule has 0 aliphatic rings. The largest absolute Gasteiger partial charge is 0.404 e. The molecule has 0 fully saturated rings. The van der Waals surface area contributed by atoms with Crippen LogP contribution in [0.4, 0.5) is 11.7 Å². The summed E-state index contributed by atoms with van der Waals surface area (Å²) in [6.45, 7) is 0.0676. The van der Waals surface area contributed by atoms with Crippen LogP contribution >= 0.6 is 15.9 Å². The van der Waals surface area contributed by atoms with Crippen LogP contribution < -0.4 is 5.32 Å². The Labute approximate surface area is 176 Å². The van der Waals surface area contributed by atoms with Gasteiger partial charge < -0.3 is 14.6 Å². The zero-order valence-corrected chi connectivity index (χ0v) is 16.9. The van der Waals surface area contributed by atoms with E-state index in [-0.39, 0.29) is 6.61 Å². The third kappa shape index (κ3) is 5.08. The molecule has 0 spiro atoms. The third-order valence-electron chi connectivity index (χ3n) is 4.00. The van der Waals surface area contributed by atoms with Gasteiger partial charge in [-0.05, 0) is 24.3 Å². The molecule has 0 saturated heterocycles. The van der Waals surface area contributed by atoms with Crippen molar-refractivity contribution in [2.45, 2.75) is 6.61 Å². The fourth-order valence-electron chi connectivity index (χ4n) is 2.64. The summed E-state index contributed by atoms with van der Waals surface area (Å²) in [5.74, 6) is 0.328. The van der Waals surface area contributed by atoms with Crippen molar-refractivity contribution in [3.05, 3.63) is 106 Å². The van der Waals surface area contributed by atoms with Crippen molar-refractivity contribution in [2.24, 2.45) is 5.16 Å². The van der Waals surface area contributed by atoms with Crippen LogP contribution in [0.1, 0.15) is 17.0 Å². The molecule has 4 rings (SSSR count). The number of nitrogens with zero attached hydrogens (tertiary/aromatic N) is 3. The second kappa shape index (κ2) is 9.16. The van der Waals surface area contributed by atoms with Gasteiger partial charge in [0.25, 0.3) is 5.89 Å². The van der Waals surface area contributed by atoms with Crippen molar-refractivity contribution in [2.75, 3.05) is 5.32 Å². The smallest absolute Gasteiger partial charge is 0.320 e. The molecule has 0 amide bonds. The minimum Gasteiger partial charge on any atom is -0.404 e. The maximum atomic E-state index is 5.57. The van der Waals surface area contributed by atoms with E-state index in [2.05, 4.69) is 36.6 Å². The summed E-state index contributed by atoms with van der Waals surface area (Å²) in [6.07, 6.45) is 0. The van der Waals surface area contributed by atoms with Crippen molar-refractivity contribution >= 4 is 33.3 Å². The van der Waals surface area contributed by atoms with E-state index in [1.54, 1.807) is 0 Å². The summed E-state index contributed by atoms with van der Waals surface area (Å²) >= 11 is 3.40. The third-order valence-corrected chi connectivity index (χ3v) is 4.53. The lowest BCUT2D eigenvalue weighted by molar-refractivity contribution is 0.111. The molecule has 7 heteroatoms. The Morgan fingerprint density at radius 1 is 0.862 bits per heavy atom. The van der Waals surface area contributed by atoms with Crippen LogP contribution in [0, 0.1) is 0 Å². The molecule has 0 aliphatic heterocycles. The Hall–Kier alpha value is -3.45.